The van der Waals surface area contributed by atoms with Crippen LogP contribution in [0.15, 0.2) is 0 Å². The first-order chi connectivity index (χ1) is 18.0. The molecule has 1 rings (SSSR count). The molecule has 11 heteroatoms. The van der Waals surface area contributed by atoms with Gasteiger partial charge in [-0.1, -0.05) is 41.5 Å². The first-order valence-corrected chi connectivity index (χ1v) is 16.2. The van der Waals surface area contributed by atoms with Crippen LogP contribution in [0.4, 0.5) is 0 Å². The normalized spacial score (nSPS) is 16.5. The molecule has 226 valence electrons. The Hall–Kier alpha value is -1.53. The summed E-state index contributed by atoms with van der Waals surface area (Å²) in [5, 5.41) is 2.95. The lowest BCUT2D eigenvalue weighted by atomic mass is 10.1. The average Bonchev–Trinajstić information content (AvgIpc) is 3.74. The molecule has 0 radical (unpaired) electrons. The third-order valence-corrected chi connectivity index (χ3v) is 9.19. The SMILES string of the molecule is CCC(C)C(=O)OCC1CO1.CCC(C)C(N)=O.CCO[Si](CCCNC(=O)C(C)CC)(OCC)OCC. The van der Waals surface area contributed by atoms with E-state index in [1.165, 1.54) is 0 Å². The van der Waals surface area contributed by atoms with Crippen molar-refractivity contribution in [2.75, 3.05) is 39.6 Å². The highest BCUT2D eigenvalue weighted by atomic mass is 28.4. The summed E-state index contributed by atoms with van der Waals surface area (Å²) >= 11 is 0. The molecule has 38 heavy (non-hydrogen) atoms. The molecule has 0 aromatic carbocycles. The maximum absolute atomic E-state index is 11.7. The van der Waals surface area contributed by atoms with Crippen molar-refractivity contribution in [1.29, 1.82) is 0 Å². The van der Waals surface area contributed by atoms with Crippen molar-refractivity contribution in [1.82, 2.24) is 5.32 Å². The fraction of sp³-hybridized carbons (Fsp3) is 0.889. The molecule has 3 N–H and O–H groups in total. The summed E-state index contributed by atoms with van der Waals surface area (Å²) in [7, 11) is -2.55. The van der Waals surface area contributed by atoms with Gasteiger partial charge in [-0.15, -0.1) is 0 Å². The van der Waals surface area contributed by atoms with E-state index in [2.05, 4.69) is 5.32 Å². The molecule has 0 aromatic rings. The zero-order valence-electron chi connectivity index (χ0n) is 25.4. The highest BCUT2D eigenvalue weighted by molar-refractivity contribution is 6.60. The second-order valence-corrected chi connectivity index (χ2v) is 12.0. The Morgan fingerprint density at radius 3 is 1.68 bits per heavy atom. The molecule has 0 bridgehead atoms. The summed E-state index contributed by atoms with van der Waals surface area (Å²) in [4.78, 5) is 32.9. The molecule has 0 aromatic heterocycles. The van der Waals surface area contributed by atoms with Crippen LogP contribution in [-0.4, -0.2) is 72.3 Å². The zero-order valence-corrected chi connectivity index (χ0v) is 26.4. The predicted octanol–water partition coefficient (Wildman–Crippen LogP) is 4.08. The average molecular weight is 565 g/mol. The van der Waals surface area contributed by atoms with Crippen LogP contribution in [0.5, 0.6) is 0 Å². The molecule has 10 nitrogen and oxygen atoms in total. The Bertz CT molecular complexity index is 617. The van der Waals surface area contributed by atoms with Gasteiger partial charge in [0.1, 0.15) is 12.7 Å². The fourth-order valence-corrected chi connectivity index (χ4v) is 5.34. The monoisotopic (exact) mass is 564 g/mol. The number of hydrogen-bond acceptors (Lipinski definition) is 8. The second kappa shape index (κ2) is 23.4. The Morgan fingerprint density at radius 1 is 0.868 bits per heavy atom. The van der Waals surface area contributed by atoms with E-state index in [9.17, 15) is 14.4 Å². The maximum Gasteiger partial charge on any atom is 0.500 e. The zero-order chi connectivity index (χ0) is 29.6. The number of ether oxygens (including phenoxy) is 2. The predicted molar refractivity (Wildman–Crippen MR) is 151 cm³/mol. The summed E-state index contributed by atoms with van der Waals surface area (Å²) in [5.41, 5.74) is 4.91. The van der Waals surface area contributed by atoms with Gasteiger partial charge >= 0.3 is 14.8 Å². The number of primary amides is 1. The van der Waals surface area contributed by atoms with Crippen LogP contribution in [0, 0.1) is 17.8 Å². The molecule has 1 aliphatic heterocycles. The van der Waals surface area contributed by atoms with Gasteiger partial charge in [0.25, 0.3) is 0 Å². The maximum atomic E-state index is 11.7. The van der Waals surface area contributed by atoms with Crippen molar-refractivity contribution in [3.63, 3.8) is 0 Å². The second-order valence-electron chi connectivity index (χ2n) is 9.29. The molecule has 4 unspecified atom stereocenters. The van der Waals surface area contributed by atoms with Crippen molar-refractivity contribution >= 4 is 26.6 Å². The topological polar surface area (TPSA) is 139 Å². The van der Waals surface area contributed by atoms with Crippen molar-refractivity contribution in [3.05, 3.63) is 0 Å². The Kier molecular flexibility index (Phi) is 23.7. The minimum Gasteiger partial charge on any atom is -0.463 e. The third-order valence-electron chi connectivity index (χ3n) is 6.04. The van der Waals surface area contributed by atoms with E-state index in [-0.39, 0.29) is 41.6 Å². The molecule has 1 aliphatic rings. The van der Waals surface area contributed by atoms with E-state index in [1.807, 2.05) is 62.3 Å². The Morgan fingerprint density at radius 2 is 1.34 bits per heavy atom. The summed E-state index contributed by atoms with van der Waals surface area (Å²) in [6.45, 7) is 21.0. The van der Waals surface area contributed by atoms with Crippen LogP contribution in [0.25, 0.3) is 0 Å². The highest BCUT2D eigenvalue weighted by Crippen LogP contribution is 2.18. The summed E-state index contributed by atoms with van der Waals surface area (Å²) in [5.74, 6) is -0.0640. The van der Waals surface area contributed by atoms with E-state index in [0.717, 1.165) is 38.3 Å². The van der Waals surface area contributed by atoms with Crippen molar-refractivity contribution in [2.45, 2.75) is 100 Å². The van der Waals surface area contributed by atoms with Crippen LogP contribution in [-0.2, 0) is 37.1 Å². The van der Waals surface area contributed by atoms with E-state index < -0.39 is 8.80 Å². The lowest BCUT2D eigenvalue weighted by Crippen LogP contribution is -2.46. The van der Waals surface area contributed by atoms with Gasteiger partial charge in [-0.3, -0.25) is 14.4 Å². The van der Waals surface area contributed by atoms with Crippen LogP contribution >= 0.6 is 0 Å². The van der Waals surface area contributed by atoms with Gasteiger partial charge in [-0.25, -0.2) is 0 Å². The number of amides is 2. The van der Waals surface area contributed by atoms with E-state index in [0.29, 0.717) is 33.0 Å². The number of esters is 1. The number of nitrogens with one attached hydrogen (secondary N) is 1. The van der Waals surface area contributed by atoms with Crippen molar-refractivity contribution < 1.29 is 37.1 Å². The van der Waals surface area contributed by atoms with Gasteiger partial charge in [0, 0.05) is 44.2 Å². The van der Waals surface area contributed by atoms with Crippen LogP contribution in [0.1, 0.15) is 88.0 Å². The van der Waals surface area contributed by atoms with E-state index in [4.69, 9.17) is 28.5 Å². The number of carbonyl (C=O) groups is 3. The molecule has 0 saturated carbocycles. The Balaban J connectivity index is 0. The van der Waals surface area contributed by atoms with Crippen molar-refractivity contribution in [2.24, 2.45) is 23.5 Å². The molecule has 0 spiro atoms. The first-order valence-electron chi connectivity index (χ1n) is 14.2. The van der Waals surface area contributed by atoms with Crippen LogP contribution < -0.4 is 11.1 Å². The summed E-state index contributed by atoms with van der Waals surface area (Å²) in [6, 6.07) is 0.739. The summed E-state index contributed by atoms with van der Waals surface area (Å²) < 4.78 is 27.2. The molecule has 4 atom stereocenters. The number of hydrogen-bond donors (Lipinski definition) is 2. The standard InChI is InChI=1S/C14H31NO4Si.C8H14O3.C5H11NO/c1-6-13(5)14(16)15-11-10-12-20(17-7-2,18-8-3)19-9-4;1-3-6(2)8(9)11-5-7-4-10-7;1-3-4(2)5(6)7/h13H,6-12H2,1-5H3,(H,15,16);6-7H,3-5H2,1-2H3;4H,3H2,1-2H3,(H2,6,7). The quantitative estimate of drug-likeness (QED) is 0.110. The first kappa shape index (κ1) is 38.6. The lowest BCUT2D eigenvalue weighted by Gasteiger charge is -2.28. The number of rotatable bonds is 18. The summed E-state index contributed by atoms with van der Waals surface area (Å²) in [6.07, 6.45) is 3.54. The molecule has 1 fully saturated rings. The van der Waals surface area contributed by atoms with Gasteiger partial charge < -0.3 is 33.8 Å². The fourth-order valence-electron chi connectivity index (χ4n) is 2.73. The van der Waals surface area contributed by atoms with Gasteiger partial charge in [0.2, 0.25) is 11.8 Å². The molecule has 1 heterocycles. The molecule has 0 aliphatic carbocycles. The molecule has 2 amide bonds. The molecular weight excluding hydrogens is 508 g/mol. The van der Waals surface area contributed by atoms with Gasteiger partial charge in [0.05, 0.1) is 12.5 Å². The largest absolute Gasteiger partial charge is 0.500 e. The third kappa shape index (κ3) is 19.5. The molecule has 1 saturated heterocycles. The minimum absolute atomic E-state index is 0.0220. The minimum atomic E-state index is -2.55. The number of epoxide rings is 1. The highest BCUT2D eigenvalue weighted by Gasteiger charge is 2.39. The van der Waals surface area contributed by atoms with E-state index >= 15 is 0 Å². The number of nitrogens with two attached hydrogens (primary N) is 1. The van der Waals surface area contributed by atoms with Crippen LogP contribution in [0.2, 0.25) is 6.04 Å². The van der Waals surface area contributed by atoms with Gasteiger partial charge in [0.15, 0.2) is 0 Å². The number of carbonyl (C=O) groups excluding carboxylic acids is 3. The van der Waals surface area contributed by atoms with Gasteiger partial charge in [-0.2, -0.15) is 0 Å². The smallest absolute Gasteiger partial charge is 0.463 e. The molecular formula is C27H56N2O8Si. The van der Waals surface area contributed by atoms with Crippen molar-refractivity contribution in [3.8, 4) is 0 Å². The Labute approximate surface area is 232 Å². The lowest BCUT2D eigenvalue weighted by molar-refractivity contribution is -0.148. The van der Waals surface area contributed by atoms with E-state index in [1.54, 1.807) is 0 Å². The van der Waals surface area contributed by atoms with Gasteiger partial charge in [-0.05, 0) is 46.5 Å². The van der Waals surface area contributed by atoms with Crippen LogP contribution in [0.3, 0.4) is 0 Å².